The van der Waals surface area contributed by atoms with Gasteiger partial charge in [0.05, 0.1) is 12.7 Å². The Bertz CT molecular complexity index is 428. The van der Waals surface area contributed by atoms with Crippen molar-refractivity contribution in [3.63, 3.8) is 0 Å². The molecule has 98 valence electrons. The average Bonchev–Trinajstić information content (AvgIpc) is 2.26. The first-order chi connectivity index (χ1) is 8.56. The van der Waals surface area contributed by atoms with E-state index in [0.29, 0.717) is 19.7 Å². The fourth-order valence-electron chi connectivity index (χ4n) is 1.93. The number of halogens is 1. The molecule has 0 aliphatic carbocycles. The number of amides is 1. The highest BCUT2D eigenvalue weighted by molar-refractivity contribution is 5.78. The Hall–Kier alpha value is -1.42. The first-order valence-electron chi connectivity index (χ1n) is 6.21. The van der Waals surface area contributed by atoms with Crippen molar-refractivity contribution in [2.24, 2.45) is 5.92 Å². The predicted octanol–water partition coefficient (Wildman–Crippen LogP) is 2.21. The molecule has 0 atom stereocenters. The fourth-order valence-corrected chi connectivity index (χ4v) is 1.93. The minimum atomic E-state index is -0.249. The van der Waals surface area contributed by atoms with Crippen LogP contribution in [0.3, 0.4) is 0 Å². The van der Waals surface area contributed by atoms with E-state index in [-0.39, 0.29) is 23.7 Å². The third-order valence-electron chi connectivity index (χ3n) is 3.03. The zero-order chi connectivity index (χ0) is 13.1. The normalized spacial score (nSPS) is 15.9. The smallest absolute Gasteiger partial charge is 0.225 e. The molecule has 18 heavy (non-hydrogen) atoms. The maximum Gasteiger partial charge on any atom is 0.225 e. The van der Waals surface area contributed by atoms with Crippen LogP contribution < -0.4 is 0 Å². The Balaban J connectivity index is 1.73. The molecule has 0 radical (unpaired) electrons. The van der Waals surface area contributed by atoms with E-state index in [1.54, 1.807) is 11.0 Å². The van der Waals surface area contributed by atoms with Crippen molar-refractivity contribution in [3.8, 4) is 0 Å². The summed E-state index contributed by atoms with van der Waals surface area (Å²) in [5.74, 6) is -0.0453. The number of hydrogen-bond donors (Lipinski definition) is 0. The van der Waals surface area contributed by atoms with Gasteiger partial charge in [-0.05, 0) is 17.7 Å². The molecule has 3 nitrogen and oxygen atoms in total. The van der Waals surface area contributed by atoms with E-state index in [1.807, 2.05) is 19.9 Å². The number of rotatable bonds is 4. The first-order valence-corrected chi connectivity index (χ1v) is 6.21. The average molecular weight is 251 g/mol. The topological polar surface area (TPSA) is 29.5 Å². The van der Waals surface area contributed by atoms with E-state index in [1.165, 1.54) is 12.1 Å². The minimum Gasteiger partial charge on any atom is -0.370 e. The monoisotopic (exact) mass is 251 g/mol. The summed E-state index contributed by atoms with van der Waals surface area (Å²) in [6.07, 6.45) is 0.0796. The van der Waals surface area contributed by atoms with E-state index in [4.69, 9.17) is 4.74 Å². The van der Waals surface area contributed by atoms with Crippen molar-refractivity contribution >= 4 is 5.91 Å². The van der Waals surface area contributed by atoms with Crippen molar-refractivity contribution < 1.29 is 13.9 Å². The van der Waals surface area contributed by atoms with Gasteiger partial charge in [0.15, 0.2) is 0 Å². The van der Waals surface area contributed by atoms with Crippen molar-refractivity contribution in [2.45, 2.75) is 26.6 Å². The molecular weight excluding hydrogens is 233 g/mol. The lowest BCUT2D eigenvalue weighted by atomic mass is 10.1. The van der Waals surface area contributed by atoms with Gasteiger partial charge < -0.3 is 9.64 Å². The quantitative estimate of drug-likeness (QED) is 0.821. The zero-order valence-corrected chi connectivity index (χ0v) is 10.7. The molecule has 0 saturated carbocycles. The van der Waals surface area contributed by atoms with Gasteiger partial charge in [0, 0.05) is 19.0 Å². The Morgan fingerprint density at radius 3 is 2.83 bits per heavy atom. The first kappa shape index (κ1) is 13.0. The van der Waals surface area contributed by atoms with Gasteiger partial charge in [0.1, 0.15) is 5.82 Å². The third-order valence-corrected chi connectivity index (χ3v) is 3.03. The van der Waals surface area contributed by atoms with Gasteiger partial charge >= 0.3 is 0 Å². The summed E-state index contributed by atoms with van der Waals surface area (Å²) < 4.78 is 18.6. The molecule has 0 unspecified atom stereocenters. The van der Waals surface area contributed by atoms with Gasteiger partial charge in [-0.25, -0.2) is 4.39 Å². The van der Waals surface area contributed by atoms with Crippen LogP contribution in [0.4, 0.5) is 4.39 Å². The van der Waals surface area contributed by atoms with Gasteiger partial charge in [0.2, 0.25) is 5.91 Å². The van der Waals surface area contributed by atoms with Crippen molar-refractivity contribution in [2.75, 3.05) is 13.1 Å². The predicted molar refractivity (Wildman–Crippen MR) is 66.4 cm³/mol. The van der Waals surface area contributed by atoms with Crippen LogP contribution in [0.5, 0.6) is 0 Å². The molecule has 0 bridgehead atoms. The molecule has 1 heterocycles. The van der Waals surface area contributed by atoms with Gasteiger partial charge in [-0.1, -0.05) is 26.0 Å². The van der Waals surface area contributed by atoms with Gasteiger partial charge in [0.25, 0.3) is 0 Å². The highest BCUT2D eigenvalue weighted by atomic mass is 19.1. The lowest BCUT2D eigenvalue weighted by Gasteiger charge is -2.39. The summed E-state index contributed by atoms with van der Waals surface area (Å²) in [7, 11) is 0. The summed E-state index contributed by atoms with van der Waals surface area (Å²) >= 11 is 0. The highest BCUT2D eigenvalue weighted by Crippen LogP contribution is 2.17. The van der Waals surface area contributed by atoms with Gasteiger partial charge in [-0.15, -0.1) is 0 Å². The summed E-state index contributed by atoms with van der Waals surface area (Å²) in [5, 5.41) is 0. The molecule has 2 rings (SSSR count). The van der Waals surface area contributed by atoms with Crippen molar-refractivity contribution in [3.05, 3.63) is 35.6 Å². The van der Waals surface area contributed by atoms with Crippen LogP contribution in [0.25, 0.3) is 0 Å². The standard InChI is InChI=1S/C14H18FNO2/c1-10(2)14(17)16-7-13(8-16)18-9-11-4-3-5-12(15)6-11/h3-6,10,13H,7-9H2,1-2H3. The Morgan fingerprint density at radius 1 is 1.50 bits per heavy atom. The molecule has 0 aromatic heterocycles. The summed E-state index contributed by atoms with van der Waals surface area (Å²) in [5.41, 5.74) is 0.823. The Morgan fingerprint density at radius 2 is 2.22 bits per heavy atom. The maximum atomic E-state index is 12.9. The highest BCUT2D eigenvalue weighted by Gasteiger charge is 2.32. The number of carbonyl (C=O) groups is 1. The second-order valence-electron chi connectivity index (χ2n) is 4.96. The number of nitrogens with zero attached hydrogens (tertiary/aromatic N) is 1. The second-order valence-corrected chi connectivity index (χ2v) is 4.96. The summed E-state index contributed by atoms with van der Waals surface area (Å²) in [4.78, 5) is 13.4. The van der Waals surface area contributed by atoms with Crippen LogP contribution in [-0.2, 0) is 16.1 Å². The van der Waals surface area contributed by atoms with Crippen LogP contribution in [0.2, 0.25) is 0 Å². The largest absolute Gasteiger partial charge is 0.370 e. The van der Waals surface area contributed by atoms with Crippen molar-refractivity contribution in [1.29, 1.82) is 0 Å². The molecule has 1 saturated heterocycles. The zero-order valence-electron chi connectivity index (χ0n) is 10.7. The van der Waals surface area contributed by atoms with E-state index in [0.717, 1.165) is 5.56 Å². The molecule has 1 aromatic carbocycles. The lowest BCUT2D eigenvalue weighted by Crippen LogP contribution is -2.55. The number of carbonyl (C=O) groups excluding carboxylic acids is 1. The number of likely N-dealkylation sites (tertiary alicyclic amines) is 1. The molecule has 1 amide bonds. The second kappa shape index (κ2) is 5.48. The lowest BCUT2D eigenvalue weighted by molar-refractivity contribution is -0.149. The van der Waals surface area contributed by atoms with Crippen LogP contribution in [0.15, 0.2) is 24.3 Å². The fraction of sp³-hybridized carbons (Fsp3) is 0.500. The maximum absolute atomic E-state index is 12.9. The van der Waals surface area contributed by atoms with Crippen LogP contribution in [0, 0.1) is 11.7 Å². The molecule has 4 heteroatoms. The van der Waals surface area contributed by atoms with Crippen LogP contribution in [0.1, 0.15) is 19.4 Å². The van der Waals surface area contributed by atoms with Crippen LogP contribution >= 0.6 is 0 Å². The molecule has 1 aliphatic rings. The third kappa shape index (κ3) is 3.07. The number of benzene rings is 1. The number of ether oxygens (including phenoxy) is 1. The Labute approximate surface area is 107 Å². The molecule has 0 N–H and O–H groups in total. The van der Waals surface area contributed by atoms with Gasteiger partial charge in [-0.3, -0.25) is 4.79 Å². The van der Waals surface area contributed by atoms with E-state index >= 15 is 0 Å². The minimum absolute atomic E-state index is 0.0363. The molecule has 0 spiro atoms. The van der Waals surface area contributed by atoms with E-state index in [9.17, 15) is 9.18 Å². The number of hydrogen-bond acceptors (Lipinski definition) is 2. The summed E-state index contributed by atoms with van der Waals surface area (Å²) in [6, 6.07) is 6.38. The van der Waals surface area contributed by atoms with E-state index < -0.39 is 0 Å². The van der Waals surface area contributed by atoms with E-state index in [2.05, 4.69) is 0 Å². The van der Waals surface area contributed by atoms with Crippen molar-refractivity contribution in [1.82, 2.24) is 4.90 Å². The Kier molecular flexibility index (Phi) is 3.97. The van der Waals surface area contributed by atoms with Crippen LogP contribution in [-0.4, -0.2) is 30.0 Å². The SMILES string of the molecule is CC(C)C(=O)N1CC(OCc2cccc(F)c2)C1. The van der Waals surface area contributed by atoms with Gasteiger partial charge in [-0.2, -0.15) is 0 Å². The molecule has 1 aromatic rings. The molecule has 1 fully saturated rings. The summed E-state index contributed by atoms with van der Waals surface area (Å²) in [6.45, 7) is 5.47. The molecular formula is C14H18FNO2. The molecule has 1 aliphatic heterocycles.